The lowest BCUT2D eigenvalue weighted by molar-refractivity contribution is -0.185. The number of para-hydroxylation sites is 1. The molecule has 1 aliphatic heterocycles. The molecule has 1 atom stereocenters. The number of likely N-dealkylation sites (N-methyl/N-ethyl adjacent to an activating group) is 1. The van der Waals surface area contributed by atoms with Crippen molar-refractivity contribution in [2.45, 2.75) is 12.3 Å². The normalized spacial score (nSPS) is 16.7. The van der Waals surface area contributed by atoms with Gasteiger partial charge in [-0.3, -0.25) is 9.59 Å². The van der Waals surface area contributed by atoms with Crippen molar-refractivity contribution in [1.82, 2.24) is 10.2 Å². The van der Waals surface area contributed by atoms with Gasteiger partial charge in [-0.05, 0) is 12.1 Å². The number of ether oxygens (including phenoxy) is 1. The third kappa shape index (κ3) is 3.82. The monoisotopic (exact) mass is 328 g/mol. The number of hydrogen-bond acceptors (Lipinski definition) is 3. The van der Waals surface area contributed by atoms with Crippen molar-refractivity contribution in [2.24, 2.45) is 0 Å². The van der Waals surface area contributed by atoms with Gasteiger partial charge in [-0.15, -0.1) is 0 Å². The van der Waals surface area contributed by atoms with Crippen LogP contribution in [-0.2, 0) is 9.59 Å². The molecule has 0 bridgehead atoms. The first-order chi connectivity index (χ1) is 10.7. The van der Waals surface area contributed by atoms with Crippen LogP contribution in [0.2, 0.25) is 0 Å². The van der Waals surface area contributed by atoms with Gasteiger partial charge in [0.2, 0.25) is 12.0 Å². The summed E-state index contributed by atoms with van der Waals surface area (Å²) in [5, 5.41) is 2.19. The van der Waals surface area contributed by atoms with Gasteiger partial charge in [-0.1, -0.05) is 18.2 Å². The van der Waals surface area contributed by atoms with E-state index in [0.29, 0.717) is 5.56 Å². The number of carbonyl (C=O) groups excluding carboxylic acids is 2. The fraction of sp³-hybridized carbons (Fsp3) is 0.333. The van der Waals surface area contributed by atoms with E-state index >= 15 is 0 Å². The van der Waals surface area contributed by atoms with Crippen LogP contribution in [0.5, 0.6) is 5.75 Å². The highest BCUT2D eigenvalue weighted by molar-refractivity contribution is 6.01. The number of halogens is 3. The van der Waals surface area contributed by atoms with Crippen LogP contribution < -0.4 is 10.1 Å². The first kappa shape index (κ1) is 16.9. The van der Waals surface area contributed by atoms with Gasteiger partial charge in [0.15, 0.2) is 0 Å². The maximum absolute atomic E-state index is 13.2. The summed E-state index contributed by atoms with van der Waals surface area (Å²) in [7, 11) is 2.96. The maximum atomic E-state index is 13.2. The van der Waals surface area contributed by atoms with Crippen LogP contribution in [0.25, 0.3) is 6.08 Å². The van der Waals surface area contributed by atoms with E-state index in [0.717, 1.165) is 6.08 Å². The average Bonchev–Trinajstić information content (AvgIpc) is 2.49. The van der Waals surface area contributed by atoms with Gasteiger partial charge in [-0.25, -0.2) is 0 Å². The molecule has 2 rings (SSSR count). The Kier molecular flexibility index (Phi) is 4.63. The Morgan fingerprint density at radius 1 is 1.26 bits per heavy atom. The Labute approximate surface area is 130 Å². The molecule has 0 aromatic heterocycles. The van der Waals surface area contributed by atoms with Crippen molar-refractivity contribution in [3.8, 4) is 5.75 Å². The van der Waals surface area contributed by atoms with Crippen molar-refractivity contribution in [3.63, 3.8) is 0 Å². The molecular formula is C15H15F3N2O3. The summed E-state index contributed by atoms with van der Waals surface area (Å²) in [6.45, 7) is -0.393. The molecule has 1 unspecified atom stereocenters. The van der Waals surface area contributed by atoms with E-state index in [1.54, 1.807) is 18.2 Å². The molecule has 124 valence electrons. The van der Waals surface area contributed by atoms with E-state index in [4.69, 9.17) is 4.74 Å². The Hall–Kier alpha value is -2.51. The van der Waals surface area contributed by atoms with E-state index in [-0.39, 0.29) is 5.75 Å². The van der Waals surface area contributed by atoms with Gasteiger partial charge < -0.3 is 15.0 Å². The molecule has 2 amide bonds. The van der Waals surface area contributed by atoms with Gasteiger partial charge in [-0.2, -0.15) is 13.2 Å². The molecule has 0 spiro atoms. The fourth-order valence-electron chi connectivity index (χ4n) is 1.98. The number of benzene rings is 1. The molecule has 1 aromatic rings. The van der Waals surface area contributed by atoms with Crippen molar-refractivity contribution < 1.29 is 27.5 Å². The van der Waals surface area contributed by atoms with Crippen LogP contribution in [0.4, 0.5) is 13.2 Å². The van der Waals surface area contributed by atoms with E-state index in [1.165, 1.54) is 25.1 Å². The second-order valence-electron chi connectivity index (χ2n) is 5.15. The SMILES string of the molecule is CN(C)C(=O)CNC(=O)C1=Cc2ccccc2OC1C(F)(F)F. The van der Waals surface area contributed by atoms with Crippen LogP contribution in [0.15, 0.2) is 29.8 Å². The van der Waals surface area contributed by atoms with Crippen LogP contribution in [-0.4, -0.2) is 49.6 Å². The van der Waals surface area contributed by atoms with Gasteiger partial charge in [0.25, 0.3) is 5.91 Å². The predicted molar refractivity (Wildman–Crippen MR) is 76.6 cm³/mol. The zero-order valence-corrected chi connectivity index (χ0v) is 12.5. The predicted octanol–water partition coefficient (Wildman–Crippen LogP) is 1.60. The average molecular weight is 328 g/mol. The second-order valence-corrected chi connectivity index (χ2v) is 5.15. The van der Waals surface area contributed by atoms with Crippen LogP contribution >= 0.6 is 0 Å². The molecule has 0 radical (unpaired) electrons. The molecule has 5 nitrogen and oxygen atoms in total. The maximum Gasteiger partial charge on any atom is 0.429 e. The molecule has 1 N–H and O–H groups in total. The topological polar surface area (TPSA) is 58.6 Å². The lowest BCUT2D eigenvalue weighted by Crippen LogP contribution is -2.45. The molecule has 0 fully saturated rings. The molecule has 0 saturated heterocycles. The highest BCUT2D eigenvalue weighted by atomic mass is 19.4. The first-order valence-electron chi connectivity index (χ1n) is 6.72. The molecule has 1 aliphatic rings. The number of amides is 2. The number of nitrogens with one attached hydrogen (secondary N) is 1. The summed E-state index contributed by atoms with van der Waals surface area (Å²) >= 11 is 0. The van der Waals surface area contributed by atoms with Crippen molar-refractivity contribution in [3.05, 3.63) is 35.4 Å². The largest absolute Gasteiger partial charge is 0.475 e. The summed E-state index contributed by atoms with van der Waals surface area (Å²) in [5.74, 6) is -1.37. The van der Waals surface area contributed by atoms with Gasteiger partial charge in [0.1, 0.15) is 5.75 Å². The Balaban J connectivity index is 2.26. The van der Waals surface area contributed by atoms with E-state index in [1.807, 2.05) is 0 Å². The summed E-state index contributed by atoms with van der Waals surface area (Å²) < 4.78 is 44.4. The molecule has 1 aromatic carbocycles. The minimum absolute atomic E-state index is 0.0516. The molecular weight excluding hydrogens is 313 g/mol. The number of hydrogen-bond donors (Lipinski definition) is 1. The van der Waals surface area contributed by atoms with E-state index < -0.39 is 36.2 Å². The second kappa shape index (κ2) is 6.31. The van der Waals surface area contributed by atoms with Crippen LogP contribution in [0, 0.1) is 0 Å². The highest BCUT2D eigenvalue weighted by Crippen LogP contribution is 2.36. The lowest BCUT2D eigenvalue weighted by Gasteiger charge is -2.28. The standard InChI is InChI=1S/C15H15F3N2O3/c1-20(2)12(21)8-19-14(22)10-7-9-5-3-4-6-11(9)23-13(10)15(16,17)18/h3-7,13H,8H2,1-2H3,(H,19,22). The van der Waals surface area contributed by atoms with Crippen molar-refractivity contribution in [2.75, 3.05) is 20.6 Å². The Morgan fingerprint density at radius 3 is 2.52 bits per heavy atom. The van der Waals surface area contributed by atoms with Gasteiger partial charge >= 0.3 is 6.18 Å². The van der Waals surface area contributed by atoms with Gasteiger partial charge in [0, 0.05) is 19.7 Å². The third-order valence-corrected chi connectivity index (χ3v) is 3.22. The zero-order chi connectivity index (χ0) is 17.2. The van der Waals surface area contributed by atoms with Crippen LogP contribution in [0.3, 0.4) is 0 Å². The fourth-order valence-corrected chi connectivity index (χ4v) is 1.98. The first-order valence-corrected chi connectivity index (χ1v) is 6.72. The molecule has 1 heterocycles. The molecule has 23 heavy (non-hydrogen) atoms. The van der Waals surface area contributed by atoms with Crippen molar-refractivity contribution in [1.29, 1.82) is 0 Å². The lowest BCUT2D eigenvalue weighted by atomic mass is 10.0. The third-order valence-electron chi connectivity index (χ3n) is 3.22. The smallest absolute Gasteiger partial charge is 0.429 e. The number of fused-ring (bicyclic) bond motifs is 1. The summed E-state index contributed by atoms with van der Waals surface area (Å²) in [4.78, 5) is 24.7. The minimum atomic E-state index is -4.75. The van der Waals surface area contributed by atoms with Gasteiger partial charge in [0.05, 0.1) is 12.1 Å². The van der Waals surface area contributed by atoms with E-state index in [2.05, 4.69) is 5.32 Å². The number of alkyl halides is 3. The number of rotatable bonds is 3. The molecule has 0 saturated carbocycles. The van der Waals surface area contributed by atoms with Crippen molar-refractivity contribution >= 4 is 17.9 Å². The van der Waals surface area contributed by atoms with Crippen LogP contribution in [0.1, 0.15) is 5.56 Å². The Bertz CT molecular complexity index is 654. The summed E-state index contributed by atoms with van der Waals surface area (Å²) in [5.41, 5.74) is -0.208. The molecule has 0 aliphatic carbocycles. The quantitative estimate of drug-likeness (QED) is 0.917. The summed E-state index contributed by atoms with van der Waals surface area (Å²) in [6, 6.07) is 6.10. The number of nitrogens with zero attached hydrogens (tertiary/aromatic N) is 1. The zero-order valence-electron chi connectivity index (χ0n) is 12.5. The minimum Gasteiger partial charge on any atom is -0.475 e. The summed E-state index contributed by atoms with van der Waals surface area (Å²) in [6.07, 6.45) is -5.98. The number of carbonyl (C=O) groups is 2. The Morgan fingerprint density at radius 2 is 1.91 bits per heavy atom. The highest BCUT2D eigenvalue weighted by Gasteiger charge is 2.48. The van der Waals surface area contributed by atoms with E-state index in [9.17, 15) is 22.8 Å². The molecule has 8 heteroatoms.